The summed E-state index contributed by atoms with van der Waals surface area (Å²) in [7, 11) is -3.36. The second-order valence-electron chi connectivity index (χ2n) is 7.40. The van der Waals surface area contributed by atoms with Crippen molar-refractivity contribution in [3.63, 3.8) is 0 Å². The third-order valence-corrected chi connectivity index (χ3v) is 6.44. The smallest absolute Gasteiger partial charge is 0.213 e. The highest BCUT2D eigenvalue weighted by Gasteiger charge is 2.19. The van der Waals surface area contributed by atoms with E-state index in [4.69, 9.17) is 4.74 Å². The Morgan fingerprint density at radius 1 is 1.10 bits per heavy atom. The molecule has 0 aromatic heterocycles. The van der Waals surface area contributed by atoms with Crippen LogP contribution in [0.2, 0.25) is 0 Å². The first-order valence-corrected chi connectivity index (χ1v) is 12.0. The number of hydrogen-bond acceptors (Lipinski definition) is 4. The van der Waals surface area contributed by atoms with E-state index < -0.39 is 10.0 Å². The zero-order valence-electron chi connectivity index (χ0n) is 16.9. The maximum Gasteiger partial charge on any atom is 0.213 e. The summed E-state index contributed by atoms with van der Waals surface area (Å²) in [5.74, 6) is 0.741. The molecule has 3 rings (SSSR count). The molecule has 1 aromatic rings. The van der Waals surface area contributed by atoms with Crippen molar-refractivity contribution >= 4 is 45.6 Å². The minimum atomic E-state index is -3.36. The van der Waals surface area contributed by atoms with Crippen molar-refractivity contribution in [2.45, 2.75) is 44.6 Å². The number of likely N-dealkylation sites (tertiary alicyclic amines) is 1. The van der Waals surface area contributed by atoms with Gasteiger partial charge in [0.15, 0.2) is 5.96 Å². The van der Waals surface area contributed by atoms with Crippen LogP contribution in [0.4, 0.5) is 5.69 Å². The van der Waals surface area contributed by atoms with E-state index in [1.807, 2.05) is 30.3 Å². The highest BCUT2D eigenvalue weighted by molar-refractivity contribution is 14.0. The number of halogens is 1. The van der Waals surface area contributed by atoms with Crippen LogP contribution in [0.5, 0.6) is 0 Å². The van der Waals surface area contributed by atoms with Crippen LogP contribution in [0, 0.1) is 0 Å². The Morgan fingerprint density at radius 2 is 1.86 bits per heavy atom. The van der Waals surface area contributed by atoms with Crippen LogP contribution >= 0.6 is 24.0 Å². The summed E-state index contributed by atoms with van der Waals surface area (Å²) in [5.41, 5.74) is 0.960. The summed E-state index contributed by atoms with van der Waals surface area (Å²) >= 11 is 0. The van der Waals surface area contributed by atoms with Gasteiger partial charge in [-0.2, -0.15) is 0 Å². The van der Waals surface area contributed by atoms with Crippen LogP contribution < -0.4 is 10.0 Å². The van der Waals surface area contributed by atoms with Crippen LogP contribution in [0.1, 0.15) is 38.5 Å². The number of piperidine rings is 1. The van der Waals surface area contributed by atoms with Gasteiger partial charge in [0.1, 0.15) is 0 Å². The molecule has 0 aliphatic carbocycles. The van der Waals surface area contributed by atoms with Crippen molar-refractivity contribution in [3.8, 4) is 0 Å². The summed E-state index contributed by atoms with van der Waals surface area (Å²) in [6.45, 7) is 3.20. The number of rotatable bonds is 7. The van der Waals surface area contributed by atoms with Gasteiger partial charge in [-0.3, -0.25) is 4.99 Å². The second-order valence-corrected chi connectivity index (χ2v) is 9.33. The van der Waals surface area contributed by atoms with Gasteiger partial charge in [0.2, 0.25) is 10.0 Å². The van der Waals surface area contributed by atoms with E-state index in [2.05, 4.69) is 19.9 Å². The SMILES string of the molecule is I.O=S(=O)(CCN=C(Nc1ccccc1)N1CCCCC1)NCC1CCCCO1. The Kier molecular flexibility index (Phi) is 10.7. The fourth-order valence-corrected chi connectivity index (χ4v) is 4.42. The number of guanidine groups is 1. The average molecular weight is 536 g/mol. The molecule has 0 radical (unpaired) electrons. The first kappa shape index (κ1) is 24.4. The van der Waals surface area contributed by atoms with Crippen molar-refractivity contribution in [1.82, 2.24) is 9.62 Å². The van der Waals surface area contributed by atoms with Gasteiger partial charge in [0.25, 0.3) is 0 Å². The Bertz CT molecular complexity index is 719. The van der Waals surface area contributed by atoms with Crippen molar-refractivity contribution < 1.29 is 13.2 Å². The first-order valence-electron chi connectivity index (χ1n) is 10.3. The fourth-order valence-electron chi connectivity index (χ4n) is 3.51. The van der Waals surface area contributed by atoms with Gasteiger partial charge < -0.3 is 15.0 Å². The van der Waals surface area contributed by atoms with Gasteiger partial charge in [0, 0.05) is 31.9 Å². The number of aliphatic imine (C=N–C) groups is 1. The zero-order chi connectivity index (χ0) is 19.7. The molecule has 7 nitrogen and oxygen atoms in total. The van der Waals surface area contributed by atoms with Gasteiger partial charge in [0.05, 0.1) is 18.4 Å². The summed E-state index contributed by atoms with van der Waals surface area (Å²) in [6, 6.07) is 9.89. The average Bonchev–Trinajstić information content (AvgIpc) is 2.74. The lowest BCUT2D eigenvalue weighted by molar-refractivity contribution is 0.0200. The fraction of sp³-hybridized carbons (Fsp3) is 0.650. The molecule has 1 unspecified atom stereocenters. The Hall–Kier alpha value is -0.910. The predicted molar refractivity (Wildman–Crippen MR) is 129 cm³/mol. The van der Waals surface area contributed by atoms with Crippen molar-refractivity contribution in [3.05, 3.63) is 30.3 Å². The first-order chi connectivity index (χ1) is 13.6. The lowest BCUT2D eigenvalue weighted by Crippen LogP contribution is -2.41. The van der Waals surface area contributed by atoms with Crippen molar-refractivity contribution in [1.29, 1.82) is 0 Å². The van der Waals surface area contributed by atoms with E-state index >= 15 is 0 Å². The van der Waals surface area contributed by atoms with Gasteiger partial charge in [-0.1, -0.05) is 18.2 Å². The Labute approximate surface area is 191 Å². The molecule has 164 valence electrons. The van der Waals surface area contributed by atoms with E-state index in [9.17, 15) is 8.42 Å². The van der Waals surface area contributed by atoms with Crippen molar-refractivity contribution in [2.75, 3.05) is 43.9 Å². The highest BCUT2D eigenvalue weighted by Crippen LogP contribution is 2.13. The zero-order valence-corrected chi connectivity index (χ0v) is 20.0. The molecule has 0 amide bonds. The molecule has 0 spiro atoms. The summed E-state index contributed by atoms with van der Waals surface area (Å²) in [5, 5.41) is 3.36. The number of benzene rings is 1. The predicted octanol–water partition coefficient (Wildman–Crippen LogP) is 3.05. The van der Waals surface area contributed by atoms with E-state index in [1.54, 1.807) is 0 Å². The maximum atomic E-state index is 12.3. The standard InChI is InChI=1S/C20H32N4O3S.HI/c25-28(26,22-17-19-11-5-8-15-27-19)16-12-21-20(24-13-6-2-7-14-24)23-18-9-3-1-4-10-18;/h1,3-4,9-10,19,22H,2,5-8,11-17H2,(H,21,23);1H. The van der Waals surface area contributed by atoms with Gasteiger partial charge in [-0.25, -0.2) is 13.1 Å². The molecule has 0 bridgehead atoms. The van der Waals surface area contributed by atoms with Crippen LogP contribution in [0.3, 0.4) is 0 Å². The normalized spacial score (nSPS) is 20.8. The maximum absolute atomic E-state index is 12.3. The molecule has 2 N–H and O–H groups in total. The van der Waals surface area contributed by atoms with E-state index in [0.717, 1.165) is 63.4 Å². The van der Waals surface area contributed by atoms with Crippen molar-refractivity contribution in [2.24, 2.45) is 4.99 Å². The molecule has 2 fully saturated rings. The number of sulfonamides is 1. The van der Waals surface area contributed by atoms with Gasteiger partial charge in [-0.05, 0) is 50.7 Å². The van der Waals surface area contributed by atoms with Gasteiger partial charge in [-0.15, -0.1) is 24.0 Å². The number of nitrogens with zero attached hydrogens (tertiary/aromatic N) is 2. The van der Waals surface area contributed by atoms with Crippen LogP contribution in [-0.4, -0.2) is 63.9 Å². The lowest BCUT2D eigenvalue weighted by atomic mass is 10.1. The molecule has 2 saturated heterocycles. The number of ether oxygens (including phenoxy) is 1. The molecule has 2 heterocycles. The molecule has 29 heavy (non-hydrogen) atoms. The second kappa shape index (κ2) is 12.7. The number of anilines is 1. The minimum absolute atomic E-state index is 0. The topological polar surface area (TPSA) is 83.0 Å². The van der Waals surface area contributed by atoms with E-state index in [1.165, 1.54) is 6.42 Å². The van der Waals surface area contributed by atoms with Crippen LogP contribution in [0.25, 0.3) is 0 Å². The Morgan fingerprint density at radius 3 is 2.55 bits per heavy atom. The molecule has 2 aliphatic rings. The van der Waals surface area contributed by atoms with E-state index in [-0.39, 0.29) is 42.4 Å². The molecule has 0 saturated carbocycles. The minimum Gasteiger partial charge on any atom is -0.377 e. The lowest BCUT2D eigenvalue weighted by Gasteiger charge is -2.30. The molecule has 2 aliphatic heterocycles. The molecular weight excluding hydrogens is 503 g/mol. The number of hydrogen-bond donors (Lipinski definition) is 2. The quantitative estimate of drug-likeness (QED) is 0.318. The summed E-state index contributed by atoms with van der Waals surface area (Å²) in [6.07, 6.45) is 6.58. The molecule has 1 aromatic carbocycles. The summed E-state index contributed by atoms with van der Waals surface area (Å²) in [4.78, 5) is 6.82. The largest absolute Gasteiger partial charge is 0.377 e. The van der Waals surface area contributed by atoms with Crippen LogP contribution in [0.15, 0.2) is 35.3 Å². The molecular formula is C20H33IN4O3S. The van der Waals surface area contributed by atoms with E-state index in [0.29, 0.717) is 6.54 Å². The van der Waals surface area contributed by atoms with Crippen LogP contribution in [-0.2, 0) is 14.8 Å². The highest BCUT2D eigenvalue weighted by atomic mass is 127. The monoisotopic (exact) mass is 536 g/mol. The third-order valence-electron chi connectivity index (χ3n) is 5.11. The Balaban J connectivity index is 0.00000300. The molecule has 1 atom stereocenters. The summed E-state index contributed by atoms with van der Waals surface area (Å²) < 4.78 is 32.9. The molecule has 9 heteroatoms. The third kappa shape index (κ3) is 8.77. The van der Waals surface area contributed by atoms with Gasteiger partial charge >= 0.3 is 0 Å². The number of para-hydroxylation sites is 1. The number of nitrogens with one attached hydrogen (secondary N) is 2.